The molecule has 6 nitrogen and oxygen atoms in total. The standard InChI is InChI=1S/C22H32N4O2/c1-3-26(14-15-27)22(28)20-6-4-18(5-7-20)16-19-8-11-25(17-19)12-9-21-23-10-13-24(21)2/h4-7,10,13,19,27H,3,8-9,11-12,14-17H2,1-2H3. The van der Waals surface area contributed by atoms with Crippen LogP contribution in [-0.4, -0.2) is 69.7 Å². The highest BCUT2D eigenvalue weighted by atomic mass is 16.3. The minimum absolute atomic E-state index is 0.00398. The maximum absolute atomic E-state index is 12.5. The van der Waals surface area contributed by atoms with Crippen LogP contribution in [0.1, 0.15) is 35.1 Å². The van der Waals surface area contributed by atoms with Gasteiger partial charge in [-0.25, -0.2) is 4.98 Å². The Morgan fingerprint density at radius 3 is 2.75 bits per heavy atom. The number of rotatable bonds is 9. The van der Waals surface area contributed by atoms with Gasteiger partial charge in [0.05, 0.1) is 6.61 Å². The summed E-state index contributed by atoms with van der Waals surface area (Å²) < 4.78 is 2.09. The molecule has 0 bridgehead atoms. The largest absolute Gasteiger partial charge is 0.395 e. The van der Waals surface area contributed by atoms with Crippen molar-refractivity contribution >= 4 is 5.91 Å². The average Bonchev–Trinajstić information content (AvgIpc) is 3.33. The summed E-state index contributed by atoms with van der Waals surface area (Å²) in [5, 5.41) is 9.09. The van der Waals surface area contributed by atoms with E-state index in [4.69, 9.17) is 5.11 Å². The molecule has 28 heavy (non-hydrogen) atoms. The van der Waals surface area contributed by atoms with Gasteiger partial charge in [-0.05, 0) is 49.9 Å². The van der Waals surface area contributed by atoms with E-state index < -0.39 is 0 Å². The van der Waals surface area contributed by atoms with Crippen molar-refractivity contribution in [3.8, 4) is 0 Å². The Hall–Kier alpha value is -2.18. The van der Waals surface area contributed by atoms with Crippen LogP contribution in [0.3, 0.4) is 0 Å². The fourth-order valence-corrected chi connectivity index (χ4v) is 4.00. The summed E-state index contributed by atoms with van der Waals surface area (Å²) in [6.07, 6.45) is 7.14. The summed E-state index contributed by atoms with van der Waals surface area (Å²) >= 11 is 0. The lowest BCUT2D eigenvalue weighted by Gasteiger charge is -2.20. The molecule has 1 N–H and O–H groups in total. The van der Waals surface area contributed by atoms with E-state index in [2.05, 4.69) is 26.6 Å². The molecule has 0 saturated carbocycles. The van der Waals surface area contributed by atoms with Gasteiger partial charge in [-0.2, -0.15) is 0 Å². The molecule has 0 spiro atoms. The van der Waals surface area contributed by atoms with E-state index in [-0.39, 0.29) is 12.5 Å². The van der Waals surface area contributed by atoms with E-state index in [0.29, 0.717) is 24.6 Å². The highest BCUT2D eigenvalue weighted by molar-refractivity contribution is 5.94. The first-order valence-corrected chi connectivity index (χ1v) is 10.3. The van der Waals surface area contributed by atoms with Crippen molar-refractivity contribution < 1.29 is 9.90 Å². The summed E-state index contributed by atoms with van der Waals surface area (Å²) in [5.74, 6) is 1.81. The molecule has 1 saturated heterocycles. The first-order chi connectivity index (χ1) is 13.6. The predicted molar refractivity (Wildman–Crippen MR) is 110 cm³/mol. The van der Waals surface area contributed by atoms with E-state index in [9.17, 15) is 4.79 Å². The number of aromatic nitrogens is 2. The van der Waals surface area contributed by atoms with Gasteiger partial charge in [0.1, 0.15) is 5.82 Å². The Bertz CT molecular complexity index is 756. The van der Waals surface area contributed by atoms with Crippen molar-refractivity contribution in [1.29, 1.82) is 0 Å². The lowest BCUT2D eigenvalue weighted by molar-refractivity contribution is 0.0732. The Kier molecular flexibility index (Phi) is 7.23. The first kappa shape index (κ1) is 20.6. The van der Waals surface area contributed by atoms with Crippen molar-refractivity contribution in [2.45, 2.75) is 26.2 Å². The van der Waals surface area contributed by atoms with Crippen molar-refractivity contribution in [2.24, 2.45) is 13.0 Å². The number of hydrogen-bond acceptors (Lipinski definition) is 4. The third-order valence-corrected chi connectivity index (χ3v) is 5.71. The Labute approximate surface area is 167 Å². The van der Waals surface area contributed by atoms with E-state index in [1.165, 1.54) is 12.0 Å². The molecule has 1 atom stereocenters. The van der Waals surface area contributed by atoms with Crippen molar-refractivity contribution in [1.82, 2.24) is 19.4 Å². The van der Waals surface area contributed by atoms with Crippen LogP contribution in [0.25, 0.3) is 0 Å². The van der Waals surface area contributed by atoms with Gasteiger partial charge in [-0.15, -0.1) is 0 Å². The summed E-state index contributed by atoms with van der Waals surface area (Å²) in [6, 6.07) is 8.00. The quantitative estimate of drug-likeness (QED) is 0.718. The normalized spacial score (nSPS) is 17.2. The maximum Gasteiger partial charge on any atom is 0.253 e. The Balaban J connectivity index is 1.48. The summed E-state index contributed by atoms with van der Waals surface area (Å²) in [5.41, 5.74) is 1.99. The Morgan fingerprint density at radius 1 is 1.32 bits per heavy atom. The number of hydrogen-bond donors (Lipinski definition) is 1. The Morgan fingerprint density at radius 2 is 2.11 bits per heavy atom. The van der Waals surface area contributed by atoms with E-state index in [1.54, 1.807) is 4.90 Å². The molecule has 6 heteroatoms. The number of carbonyl (C=O) groups is 1. The SMILES string of the molecule is CCN(CCO)C(=O)c1ccc(CC2CCN(CCc3nccn3C)C2)cc1. The number of amides is 1. The zero-order chi connectivity index (χ0) is 19.9. The number of aliphatic hydroxyl groups is 1. The van der Waals surface area contributed by atoms with Gasteiger partial charge in [0.15, 0.2) is 0 Å². The minimum atomic E-state index is -0.00979. The lowest BCUT2D eigenvalue weighted by Crippen LogP contribution is -2.33. The van der Waals surface area contributed by atoms with E-state index >= 15 is 0 Å². The van der Waals surface area contributed by atoms with Crippen LogP contribution in [0, 0.1) is 5.92 Å². The second-order valence-electron chi connectivity index (χ2n) is 7.67. The van der Waals surface area contributed by atoms with Gasteiger partial charge in [-0.1, -0.05) is 12.1 Å². The molecule has 2 aromatic rings. The topological polar surface area (TPSA) is 61.6 Å². The highest BCUT2D eigenvalue weighted by Crippen LogP contribution is 2.21. The molecule has 0 aliphatic carbocycles. The van der Waals surface area contributed by atoms with Crippen molar-refractivity contribution in [2.75, 3.05) is 39.3 Å². The zero-order valence-electron chi connectivity index (χ0n) is 17.0. The number of likely N-dealkylation sites (tertiary alicyclic amines) is 1. The second-order valence-corrected chi connectivity index (χ2v) is 7.67. The van der Waals surface area contributed by atoms with Crippen LogP contribution in [0.5, 0.6) is 0 Å². The number of imidazole rings is 1. The summed E-state index contributed by atoms with van der Waals surface area (Å²) in [7, 11) is 2.05. The van der Waals surface area contributed by atoms with Crippen molar-refractivity contribution in [3.05, 3.63) is 53.6 Å². The summed E-state index contributed by atoms with van der Waals surface area (Å²) in [4.78, 5) is 21.1. The van der Waals surface area contributed by atoms with Crippen LogP contribution >= 0.6 is 0 Å². The maximum atomic E-state index is 12.5. The number of aryl methyl sites for hydroxylation is 1. The van der Waals surface area contributed by atoms with Gasteiger partial charge in [-0.3, -0.25) is 4.79 Å². The van der Waals surface area contributed by atoms with Gasteiger partial charge in [0.2, 0.25) is 0 Å². The highest BCUT2D eigenvalue weighted by Gasteiger charge is 2.23. The third kappa shape index (κ3) is 5.20. The third-order valence-electron chi connectivity index (χ3n) is 5.71. The number of carbonyl (C=O) groups excluding carboxylic acids is 1. The molecule has 3 rings (SSSR count). The van der Waals surface area contributed by atoms with Gasteiger partial charge >= 0.3 is 0 Å². The molecule has 2 heterocycles. The number of likely N-dealkylation sites (N-methyl/N-ethyl adjacent to an activating group) is 1. The monoisotopic (exact) mass is 384 g/mol. The van der Waals surface area contributed by atoms with Crippen LogP contribution in [0.15, 0.2) is 36.7 Å². The molecule has 1 aliphatic rings. The molecule has 1 aromatic heterocycles. The van der Waals surface area contributed by atoms with Gasteiger partial charge < -0.3 is 19.5 Å². The molecule has 1 amide bonds. The zero-order valence-corrected chi connectivity index (χ0v) is 17.0. The summed E-state index contributed by atoms with van der Waals surface area (Å²) in [6.45, 7) is 6.26. The molecule has 0 radical (unpaired) electrons. The second kappa shape index (κ2) is 9.85. The van der Waals surface area contributed by atoms with E-state index in [1.807, 2.05) is 38.5 Å². The molecule has 1 aliphatic heterocycles. The number of aliphatic hydroxyl groups excluding tert-OH is 1. The molecule has 1 unspecified atom stereocenters. The van der Waals surface area contributed by atoms with Gasteiger partial charge in [0, 0.05) is 57.6 Å². The molecule has 1 aromatic carbocycles. The fraction of sp³-hybridized carbons (Fsp3) is 0.545. The van der Waals surface area contributed by atoms with Crippen LogP contribution in [0.4, 0.5) is 0 Å². The van der Waals surface area contributed by atoms with Gasteiger partial charge in [0.25, 0.3) is 5.91 Å². The smallest absolute Gasteiger partial charge is 0.253 e. The van der Waals surface area contributed by atoms with Crippen molar-refractivity contribution in [3.63, 3.8) is 0 Å². The average molecular weight is 385 g/mol. The predicted octanol–water partition coefficient (Wildman–Crippen LogP) is 1.98. The van der Waals surface area contributed by atoms with Crippen LogP contribution in [0.2, 0.25) is 0 Å². The lowest BCUT2D eigenvalue weighted by atomic mass is 9.98. The molecular formula is C22H32N4O2. The van der Waals surface area contributed by atoms with Crippen LogP contribution in [-0.2, 0) is 19.9 Å². The number of nitrogens with zero attached hydrogens (tertiary/aromatic N) is 4. The number of benzene rings is 1. The molecular weight excluding hydrogens is 352 g/mol. The minimum Gasteiger partial charge on any atom is -0.395 e. The molecule has 152 valence electrons. The fourth-order valence-electron chi connectivity index (χ4n) is 4.00. The first-order valence-electron chi connectivity index (χ1n) is 10.3. The van der Waals surface area contributed by atoms with Crippen LogP contribution < -0.4 is 0 Å². The van der Waals surface area contributed by atoms with E-state index in [0.717, 1.165) is 38.3 Å². The molecule has 1 fully saturated rings.